The van der Waals surface area contributed by atoms with E-state index in [-0.39, 0.29) is 23.8 Å². The van der Waals surface area contributed by atoms with Crippen LogP contribution < -0.4 is 5.32 Å². The maximum Gasteiger partial charge on any atom is 0.137 e. The zero-order valence-corrected chi connectivity index (χ0v) is 18.0. The standard InChI is InChI=1S/C23H19BrClFN2O/c1-13-2-4-14(5-3-13)20-12-21(17-11-16(25)7-9-22(17)29)28-23(27-20)15-6-8-19(26)18(24)10-15/h2-11,21,23,28-29H,12H2,1H3/t21-,23+/m0/s1. The molecule has 0 aliphatic carbocycles. The van der Waals surface area contributed by atoms with Gasteiger partial charge in [0.2, 0.25) is 0 Å². The molecule has 3 aromatic carbocycles. The van der Waals surface area contributed by atoms with E-state index in [1.807, 2.05) is 19.1 Å². The molecule has 0 amide bonds. The fourth-order valence-corrected chi connectivity index (χ4v) is 4.06. The van der Waals surface area contributed by atoms with Crippen molar-refractivity contribution in [2.24, 2.45) is 4.99 Å². The van der Waals surface area contributed by atoms with Gasteiger partial charge < -0.3 is 5.11 Å². The SMILES string of the molecule is Cc1ccc(C2=N[C@@H](c3ccc(F)c(Br)c3)N[C@H](c3cc(Cl)ccc3O)C2)cc1. The number of nitrogens with zero attached hydrogens (tertiary/aromatic N) is 1. The van der Waals surface area contributed by atoms with Crippen LogP contribution in [0.1, 0.15) is 40.9 Å². The van der Waals surface area contributed by atoms with Gasteiger partial charge in [0.1, 0.15) is 17.7 Å². The molecule has 1 aliphatic rings. The monoisotopic (exact) mass is 472 g/mol. The molecule has 0 bridgehead atoms. The van der Waals surface area contributed by atoms with Crippen molar-refractivity contribution in [2.45, 2.75) is 25.6 Å². The van der Waals surface area contributed by atoms with Gasteiger partial charge in [-0.25, -0.2) is 4.39 Å². The maximum absolute atomic E-state index is 13.7. The first-order valence-corrected chi connectivity index (χ1v) is 10.4. The lowest BCUT2D eigenvalue weighted by molar-refractivity contribution is 0.412. The molecule has 1 aliphatic heterocycles. The quantitative estimate of drug-likeness (QED) is 0.457. The van der Waals surface area contributed by atoms with E-state index in [0.717, 1.165) is 16.8 Å². The number of aryl methyl sites for hydroxylation is 1. The lowest BCUT2D eigenvalue weighted by Crippen LogP contribution is -2.33. The number of hydrogen-bond donors (Lipinski definition) is 2. The summed E-state index contributed by atoms with van der Waals surface area (Å²) in [4.78, 5) is 4.90. The summed E-state index contributed by atoms with van der Waals surface area (Å²) in [6, 6.07) is 17.9. The van der Waals surface area contributed by atoms with Crippen molar-refractivity contribution in [2.75, 3.05) is 0 Å². The van der Waals surface area contributed by atoms with Crippen LogP contribution in [0.15, 0.2) is 70.1 Å². The molecule has 0 saturated carbocycles. The molecule has 1 heterocycles. The Labute approximate surface area is 182 Å². The van der Waals surface area contributed by atoms with Crippen LogP contribution in [0, 0.1) is 12.7 Å². The molecular formula is C23H19BrClFN2O. The van der Waals surface area contributed by atoms with E-state index in [2.05, 4.69) is 33.4 Å². The zero-order chi connectivity index (χ0) is 20.5. The van der Waals surface area contributed by atoms with Gasteiger partial charge in [0.05, 0.1) is 4.47 Å². The Morgan fingerprint density at radius 2 is 1.86 bits per heavy atom. The van der Waals surface area contributed by atoms with E-state index in [0.29, 0.717) is 21.5 Å². The number of halogens is 3. The molecule has 3 nitrogen and oxygen atoms in total. The Kier molecular flexibility index (Phi) is 5.72. The highest BCUT2D eigenvalue weighted by molar-refractivity contribution is 9.10. The number of phenolic OH excluding ortho intramolecular Hbond substituents is 1. The van der Waals surface area contributed by atoms with Gasteiger partial charge in [-0.05, 0) is 64.3 Å². The van der Waals surface area contributed by atoms with Crippen LogP contribution in [0.2, 0.25) is 5.02 Å². The topological polar surface area (TPSA) is 44.6 Å². The molecule has 4 rings (SSSR count). The summed E-state index contributed by atoms with van der Waals surface area (Å²) in [7, 11) is 0. The number of rotatable bonds is 3. The summed E-state index contributed by atoms with van der Waals surface area (Å²) in [5, 5.41) is 14.4. The predicted molar refractivity (Wildman–Crippen MR) is 118 cm³/mol. The molecule has 6 heteroatoms. The van der Waals surface area contributed by atoms with Crippen LogP contribution in [0.5, 0.6) is 5.75 Å². The molecule has 148 valence electrons. The summed E-state index contributed by atoms with van der Waals surface area (Å²) >= 11 is 9.43. The van der Waals surface area contributed by atoms with Gasteiger partial charge >= 0.3 is 0 Å². The van der Waals surface area contributed by atoms with Crippen molar-refractivity contribution in [1.29, 1.82) is 0 Å². The molecule has 3 aromatic rings. The molecule has 29 heavy (non-hydrogen) atoms. The fraction of sp³-hybridized carbons (Fsp3) is 0.174. The zero-order valence-electron chi connectivity index (χ0n) is 15.7. The van der Waals surface area contributed by atoms with Crippen molar-refractivity contribution in [1.82, 2.24) is 5.32 Å². The fourth-order valence-electron chi connectivity index (χ4n) is 3.48. The predicted octanol–water partition coefficient (Wildman–Crippen LogP) is 6.48. The van der Waals surface area contributed by atoms with Gasteiger partial charge in [0.15, 0.2) is 0 Å². The highest BCUT2D eigenvalue weighted by Gasteiger charge is 2.28. The normalized spacial score (nSPS) is 19.1. The van der Waals surface area contributed by atoms with E-state index in [1.54, 1.807) is 30.3 Å². The molecule has 0 saturated heterocycles. The lowest BCUT2D eigenvalue weighted by Gasteiger charge is -2.31. The average molecular weight is 474 g/mol. The van der Waals surface area contributed by atoms with Crippen molar-refractivity contribution < 1.29 is 9.50 Å². The number of hydrogen-bond acceptors (Lipinski definition) is 3. The van der Waals surface area contributed by atoms with Crippen molar-refractivity contribution in [3.63, 3.8) is 0 Å². The highest BCUT2D eigenvalue weighted by atomic mass is 79.9. The third-order valence-corrected chi connectivity index (χ3v) is 5.89. The number of phenols is 1. The van der Waals surface area contributed by atoms with Crippen LogP contribution in [-0.2, 0) is 0 Å². The van der Waals surface area contributed by atoms with Crippen molar-refractivity contribution >= 4 is 33.2 Å². The minimum Gasteiger partial charge on any atom is -0.508 e. The summed E-state index contributed by atoms with van der Waals surface area (Å²) in [6.07, 6.45) is 0.205. The molecule has 0 spiro atoms. The van der Waals surface area contributed by atoms with E-state index in [4.69, 9.17) is 16.6 Å². The first-order chi connectivity index (χ1) is 13.9. The van der Waals surface area contributed by atoms with Gasteiger partial charge in [-0.15, -0.1) is 0 Å². The van der Waals surface area contributed by atoms with Gasteiger partial charge in [0.25, 0.3) is 0 Å². The van der Waals surface area contributed by atoms with Crippen LogP contribution in [0.25, 0.3) is 0 Å². The molecule has 2 atom stereocenters. The van der Waals surface area contributed by atoms with Crippen LogP contribution in [0.4, 0.5) is 4.39 Å². The first-order valence-electron chi connectivity index (χ1n) is 9.24. The van der Waals surface area contributed by atoms with E-state index >= 15 is 0 Å². The summed E-state index contributed by atoms with van der Waals surface area (Å²) < 4.78 is 14.1. The highest BCUT2D eigenvalue weighted by Crippen LogP contribution is 2.36. The lowest BCUT2D eigenvalue weighted by atomic mass is 9.93. The summed E-state index contributed by atoms with van der Waals surface area (Å²) in [6.45, 7) is 2.04. The molecule has 0 unspecified atom stereocenters. The second-order valence-electron chi connectivity index (χ2n) is 7.14. The van der Waals surface area contributed by atoms with Crippen molar-refractivity contribution in [3.05, 3.63) is 98.2 Å². The minimum absolute atomic E-state index is 0.177. The van der Waals surface area contributed by atoms with Gasteiger partial charge in [-0.1, -0.05) is 47.5 Å². The van der Waals surface area contributed by atoms with E-state index in [9.17, 15) is 9.50 Å². The Balaban J connectivity index is 1.78. The minimum atomic E-state index is -0.389. The Morgan fingerprint density at radius 1 is 1.10 bits per heavy atom. The summed E-state index contributed by atoms with van der Waals surface area (Å²) in [5.41, 5.74) is 4.65. The Bertz CT molecular complexity index is 1080. The average Bonchev–Trinajstić information content (AvgIpc) is 2.72. The summed E-state index contributed by atoms with van der Waals surface area (Å²) in [5.74, 6) is -0.146. The molecular weight excluding hydrogens is 455 g/mol. The third kappa shape index (κ3) is 4.37. The molecule has 0 fully saturated rings. The molecule has 0 radical (unpaired) electrons. The second kappa shape index (κ2) is 8.27. The van der Waals surface area contributed by atoms with Crippen LogP contribution in [0.3, 0.4) is 0 Å². The first kappa shape index (κ1) is 20.1. The maximum atomic E-state index is 13.7. The van der Waals surface area contributed by atoms with E-state index < -0.39 is 0 Å². The molecule has 0 aromatic heterocycles. The largest absolute Gasteiger partial charge is 0.508 e. The van der Waals surface area contributed by atoms with Crippen LogP contribution in [-0.4, -0.2) is 10.8 Å². The van der Waals surface area contributed by atoms with Gasteiger partial charge in [-0.2, -0.15) is 0 Å². The number of nitrogens with one attached hydrogen (secondary N) is 1. The third-order valence-electron chi connectivity index (χ3n) is 5.05. The Hall–Kier alpha value is -2.21. The number of aromatic hydroxyl groups is 1. The number of aliphatic imine (C=N–C) groups is 1. The Morgan fingerprint density at radius 3 is 2.59 bits per heavy atom. The smallest absolute Gasteiger partial charge is 0.137 e. The van der Waals surface area contributed by atoms with Crippen molar-refractivity contribution in [3.8, 4) is 5.75 Å². The second-order valence-corrected chi connectivity index (χ2v) is 8.44. The van der Waals surface area contributed by atoms with Crippen LogP contribution >= 0.6 is 27.5 Å². The van der Waals surface area contributed by atoms with Gasteiger partial charge in [-0.3, -0.25) is 10.3 Å². The number of benzene rings is 3. The molecule has 2 N–H and O–H groups in total. The van der Waals surface area contributed by atoms with E-state index in [1.165, 1.54) is 11.6 Å². The van der Waals surface area contributed by atoms with Gasteiger partial charge in [0, 0.05) is 28.8 Å².